The van der Waals surface area contributed by atoms with Gasteiger partial charge in [0.2, 0.25) is 5.76 Å². The van der Waals surface area contributed by atoms with Crippen molar-refractivity contribution in [1.82, 2.24) is 15.5 Å². The third kappa shape index (κ3) is 4.83. The minimum Gasteiger partial charge on any atom is -0.461 e. The monoisotopic (exact) mass is 417 g/mol. The quantitative estimate of drug-likeness (QED) is 0.469. The number of halogens is 4. The fourth-order valence-electron chi connectivity index (χ4n) is 2.01. The Hall–Kier alpha value is -2.46. The van der Waals surface area contributed by atoms with Crippen molar-refractivity contribution >= 4 is 29.3 Å². The molecule has 0 aliphatic carbocycles. The van der Waals surface area contributed by atoms with Gasteiger partial charge in [0.1, 0.15) is 5.03 Å². The van der Waals surface area contributed by atoms with Crippen molar-refractivity contribution in [3.8, 4) is 11.5 Å². The third-order valence-corrected chi connectivity index (χ3v) is 4.68. The number of alkyl halides is 3. The maximum Gasteiger partial charge on any atom is 0.417 e. The summed E-state index contributed by atoms with van der Waals surface area (Å²) in [6.07, 6.45) is -2.31. The van der Waals surface area contributed by atoms with Crippen molar-refractivity contribution in [1.29, 1.82) is 0 Å². The van der Waals surface area contributed by atoms with E-state index in [1.54, 1.807) is 12.1 Å². The summed E-state index contributed by atoms with van der Waals surface area (Å²) in [5.74, 6) is 0.663. The van der Waals surface area contributed by atoms with Crippen LogP contribution in [0.15, 0.2) is 50.7 Å². The Morgan fingerprint density at radius 2 is 2.11 bits per heavy atom. The maximum atomic E-state index is 12.6. The number of carbonyl (C=O) groups excluding carboxylic acids is 1. The third-order valence-electron chi connectivity index (χ3n) is 3.27. The van der Waals surface area contributed by atoms with Gasteiger partial charge in [-0.15, -0.1) is 11.8 Å². The van der Waals surface area contributed by atoms with Gasteiger partial charge < -0.3 is 14.3 Å². The van der Waals surface area contributed by atoms with Crippen molar-refractivity contribution in [3.05, 3.63) is 53.0 Å². The molecule has 0 radical (unpaired) electrons. The topological polar surface area (TPSA) is 81.2 Å². The van der Waals surface area contributed by atoms with E-state index in [9.17, 15) is 18.0 Å². The molecular weight excluding hydrogens is 407 g/mol. The molecule has 142 valence electrons. The maximum absolute atomic E-state index is 12.6. The van der Waals surface area contributed by atoms with Crippen LogP contribution < -0.4 is 5.32 Å². The molecule has 0 aliphatic rings. The summed E-state index contributed by atoms with van der Waals surface area (Å²) >= 11 is 6.95. The normalized spacial score (nSPS) is 11.6. The van der Waals surface area contributed by atoms with E-state index in [0.717, 1.165) is 24.0 Å². The average molecular weight is 418 g/mol. The first-order valence-corrected chi connectivity index (χ1v) is 8.85. The number of furan rings is 1. The summed E-state index contributed by atoms with van der Waals surface area (Å²) in [5.41, 5.74) is -0.833. The largest absolute Gasteiger partial charge is 0.461 e. The highest BCUT2D eigenvalue weighted by atomic mass is 35.5. The number of thioether (sulfide) groups is 1. The highest BCUT2D eigenvalue weighted by Gasteiger charge is 2.31. The van der Waals surface area contributed by atoms with Crippen LogP contribution in [0.3, 0.4) is 0 Å². The molecule has 0 aliphatic heterocycles. The molecule has 0 unspecified atom stereocenters. The summed E-state index contributed by atoms with van der Waals surface area (Å²) in [5, 5.41) is 6.44. The molecule has 1 amide bonds. The first-order valence-electron chi connectivity index (χ1n) is 7.49. The molecule has 0 saturated carbocycles. The van der Waals surface area contributed by atoms with Crippen molar-refractivity contribution < 1.29 is 26.9 Å². The standard InChI is InChI=1S/C16H11ClF3N3O3S/c17-10-6-9(16(18,19)20)8-22-15(10)27-5-3-21-14(24)11-7-13(26-23-11)12-2-1-4-25-12/h1-2,4,6-8H,3,5H2,(H,21,24). The zero-order chi connectivity index (χ0) is 19.4. The first-order chi connectivity index (χ1) is 12.8. The van der Waals surface area contributed by atoms with Crippen LogP contribution >= 0.6 is 23.4 Å². The minimum absolute atomic E-state index is 0.0806. The number of nitrogens with one attached hydrogen (secondary N) is 1. The highest BCUT2D eigenvalue weighted by molar-refractivity contribution is 7.99. The lowest BCUT2D eigenvalue weighted by Crippen LogP contribution is -2.26. The van der Waals surface area contributed by atoms with Crippen LogP contribution in [0.2, 0.25) is 5.02 Å². The molecule has 0 spiro atoms. The fourth-order valence-corrected chi connectivity index (χ4v) is 3.06. The molecule has 0 aromatic carbocycles. The Bertz CT molecular complexity index is 929. The summed E-state index contributed by atoms with van der Waals surface area (Å²) < 4.78 is 47.9. The number of carbonyl (C=O) groups is 1. The van der Waals surface area contributed by atoms with Gasteiger partial charge in [-0.1, -0.05) is 16.8 Å². The molecule has 27 heavy (non-hydrogen) atoms. The molecule has 3 rings (SSSR count). The van der Waals surface area contributed by atoms with Gasteiger partial charge in [-0.05, 0) is 18.2 Å². The van der Waals surface area contributed by atoms with E-state index in [1.807, 2.05) is 0 Å². The van der Waals surface area contributed by atoms with E-state index in [-0.39, 0.29) is 22.3 Å². The molecule has 6 nitrogen and oxygen atoms in total. The van der Waals surface area contributed by atoms with Gasteiger partial charge in [0.25, 0.3) is 5.91 Å². The second-order valence-electron chi connectivity index (χ2n) is 5.17. The van der Waals surface area contributed by atoms with Crippen LogP contribution in [0.25, 0.3) is 11.5 Å². The second-order valence-corrected chi connectivity index (χ2v) is 6.66. The zero-order valence-corrected chi connectivity index (χ0v) is 15.0. The summed E-state index contributed by atoms with van der Waals surface area (Å²) in [4.78, 5) is 15.7. The number of aromatic nitrogens is 2. The van der Waals surface area contributed by atoms with Crippen LogP contribution in [0, 0.1) is 0 Å². The molecule has 1 N–H and O–H groups in total. The van der Waals surface area contributed by atoms with Crippen molar-refractivity contribution in [2.24, 2.45) is 0 Å². The summed E-state index contributed by atoms with van der Waals surface area (Å²) in [6, 6.07) is 5.60. The Balaban J connectivity index is 1.50. The lowest BCUT2D eigenvalue weighted by atomic mass is 10.3. The highest BCUT2D eigenvalue weighted by Crippen LogP contribution is 2.33. The molecule has 3 heterocycles. The lowest BCUT2D eigenvalue weighted by molar-refractivity contribution is -0.137. The van der Waals surface area contributed by atoms with Gasteiger partial charge in [0.15, 0.2) is 11.5 Å². The van der Waals surface area contributed by atoms with Crippen LogP contribution in [0.4, 0.5) is 13.2 Å². The lowest BCUT2D eigenvalue weighted by Gasteiger charge is -2.09. The van der Waals surface area contributed by atoms with E-state index >= 15 is 0 Å². The summed E-state index contributed by atoms with van der Waals surface area (Å²) in [7, 11) is 0. The van der Waals surface area contributed by atoms with Crippen molar-refractivity contribution in [3.63, 3.8) is 0 Å². The van der Waals surface area contributed by atoms with Crippen LogP contribution in [0.1, 0.15) is 16.1 Å². The van der Waals surface area contributed by atoms with Gasteiger partial charge in [-0.2, -0.15) is 13.2 Å². The number of hydrogen-bond donors (Lipinski definition) is 1. The van der Waals surface area contributed by atoms with Crippen molar-refractivity contribution in [2.75, 3.05) is 12.3 Å². The fraction of sp³-hybridized carbons (Fsp3) is 0.188. The van der Waals surface area contributed by atoms with E-state index in [4.69, 9.17) is 20.5 Å². The van der Waals surface area contributed by atoms with Crippen LogP contribution in [-0.2, 0) is 6.18 Å². The predicted molar refractivity (Wildman–Crippen MR) is 91.5 cm³/mol. The Labute approximate surface area is 160 Å². The summed E-state index contributed by atoms with van der Waals surface area (Å²) in [6.45, 7) is 0.228. The van der Waals surface area contributed by atoms with Gasteiger partial charge in [0, 0.05) is 24.6 Å². The second kappa shape index (κ2) is 8.05. The van der Waals surface area contributed by atoms with Crippen molar-refractivity contribution in [2.45, 2.75) is 11.2 Å². The molecule has 3 aromatic rings. The minimum atomic E-state index is -4.50. The SMILES string of the molecule is O=C(NCCSc1ncc(C(F)(F)F)cc1Cl)c1cc(-c2ccco2)on1. The van der Waals surface area contributed by atoms with E-state index in [2.05, 4.69) is 15.5 Å². The Morgan fingerprint density at radius 3 is 2.78 bits per heavy atom. The predicted octanol–water partition coefficient (Wildman–Crippen LogP) is 4.52. The Kier molecular flexibility index (Phi) is 5.76. The number of amides is 1. The van der Waals surface area contributed by atoms with Gasteiger partial charge >= 0.3 is 6.18 Å². The molecule has 0 bridgehead atoms. The molecule has 0 fully saturated rings. The Morgan fingerprint density at radius 1 is 1.30 bits per heavy atom. The first kappa shape index (κ1) is 19.3. The average Bonchev–Trinajstić information content (AvgIpc) is 3.29. The van der Waals surface area contributed by atoms with Crippen LogP contribution in [0.5, 0.6) is 0 Å². The smallest absolute Gasteiger partial charge is 0.417 e. The van der Waals surface area contributed by atoms with E-state index in [1.165, 1.54) is 12.3 Å². The molecule has 0 atom stereocenters. The number of rotatable bonds is 6. The number of hydrogen-bond acceptors (Lipinski definition) is 6. The van der Waals surface area contributed by atoms with E-state index < -0.39 is 17.6 Å². The number of nitrogens with zero attached hydrogens (tertiary/aromatic N) is 2. The van der Waals surface area contributed by atoms with E-state index in [0.29, 0.717) is 17.3 Å². The molecule has 0 saturated heterocycles. The number of pyridine rings is 1. The van der Waals surface area contributed by atoms with Gasteiger partial charge in [0.05, 0.1) is 16.8 Å². The molecular formula is C16H11ClF3N3O3S. The molecule has 3 aromatic heterocycles. The van der Waals surface area contributed by atoms with Gasteiger partial charge in [-0.3, -0.25) is 4.79 Å². The zero-order valence-electron chi connectivity index (χ0n) is 13.4. The molecule has 11 heteroatoms. The van der Waals surface area contributed by atoms with Crippen LogP contribution in [-0.4, -0.2) is 28.3 Å². The van der Waals surface area contributed by atoms with Gasteiger partial charge in [-0.25, -0.2) is 4.98 Å².